The molecule has 98 valence electrons. The fourth-order valence-corrected chi connectivity index (χ4v) is 0.312. The van der Waals surface area contributed by atoms with Crippen LogP contribution < -0.4 is 5.11 Å². The van der Waals surface area contributed by atoms with Gasteiger partial charge in [0, 0.05) is 13.8 Å². The molecule has 5 nitrogen and oxygen atoms in total. The van der Waals surface area contributed by atoms with E-state index >= 15 is 0 Å². The van der Waals surface area contributed by atoms with Crippen molar-refractivity contribution in [2.24, 2.45) is 0 Å². The Morgan fingerprint density at radius 1 is 1.19 bits per heavy atom. The third-order valence-corrected chi connectivity index (χ3v) is 2.16. The molecule has 8 heteroatoms. The molecule has 0 amide bonds. The van der Waals surface area contributed by atoms with E-state index in [0.29, 0.717) is 0 Å². The highest BCUT2D eigenvalue weighted by molar-refractivity contribution is 5.70. The predicted octanol–water partition coefficient (Wildman–Crippen LogP) is -0.962. The van der Waals surface area contributed by atoms with Crippen molar-refractivity contribution in [3.63, 3.8) is 0 Å². The largest absolute Gasteiger partial charge is 0.542 e. The van der Waals surface area contributed by atoms with Gasteiger partial charge in [-0.2, -0.15) is 13.2 Å². The van der Waals surface area contributed by atoms with Gasteiger partial charge in [-0.25, -0.2) is 0 Å². The summed E-state index contributed by atoms with van der Waals surface area (Å²) < 4.78 is 31.8. The number of hydrogen-bond acceptors (Lipinski definition) is 4. The van der Waals surface area contributed by atoms with Crippen LogP contribution in [0.25, 0.3) is 0 Å². The van der Waals surface area contributed by atoms with Gasteiger partial charge in [-0.05, 0) is 0 Å². The van der Waals surface area contributed by atoms with Crippen LogP contribution in [0.5, 0.6) is 0 Å². The number of alkyl halides is 3. The van der Waals surface area contributed by atoms with Crippen molar-refractivity contribution in [3.8, 4) is 0 Å². The number of rotatable bonds is 2. The van der Waals surface area contributed by atoms with E-state index in [1.165, 1.54) is 0 Å². The highest BCUT2D eigenvalue weighted by Crippen LogP contribution is 2.11. The van der Waals surface area contributed by atoms with Crippen LogP contribution in [0.4, 0.5) is 13.2 Å². The smallest absolute Gasteiger partial charge is 0.430 e. The molecular formula is C8H16F3NO4. The van der Waals surface area contributed by atoms with Gasteiger partial charge in [-0.3, -0.25) is 4.48 Å². The molecule has 2 unspecified atom stereocenters. The summed E-state index contributed by atoms with van der Waals surface area (Å²) in [6.45, 7) is 3.32. The Morgan fingerprint density at radius 2 is 1.38 bits per heavy atom. The van der Waals surface area contributed by atoms with Crippen molar-refractivity contribution in [3.05, 3.63) is 0 Å². The average Bonchev–Trinajstić information content (AvgIpc) is 2.02. The summed E-state index contributed by atoms with van der Waals surface area (Å²) in [5.74, 6) is -3.01. The van der Waals surface area contributed by atoms with Crippen LogP contribution in [0.3, 0.4) is 0 Å². The molecule has 2 N–H and O–H groups in total. The first-order chi connectivity index (χ1) is 6.83. The minimum absolute atomic E-state index is 0.222. The molecule has 0 heterocycles. The van der Waals surface area contributed by atoms with E-state index in [4.69, 9.17) is 20.1 Å². The van der Waals surface area contributed by atoms with Crippen LogP contribution in [0, 0.1) is 0 Å². The summed E-state index contributed by atoms with van der Waals surface area (Å²) in [7, 11) is 3.55. The Labute approximate surface area is 91.3 Å². The molecule has 2 atom stereocenters. The standard InChI is InChI=1S/C6H16NO2.C2HF3O2/c1-5(8)7(3,4)6(2)9;3-2(4,5)1(6)7/h5-6,8-9H,1-4H3;(H,6,7)/q+1;/p-1. The lowest BCUT2D eigenvalue weighted by molar-refractivity contribution is -0.974. The van der Waals surface area contributed by atoms with E-state index < -0.39 is 24.6 Å². The number of aliphatic hydroxyl groups is 2. The first-order valence-electron chi connectivity index (χ1n) is 4.31. The maximum Gasteiger partial charge on any atom is 0.430 e. The number of quaternary nitrogens is 1. The van der Waals surface area contributed by atoms with E-state index in [1.54, 1.807) is 27.9 Å². The molecule has 0 aromatic rings. The van der Waals surface area contributed by atoms with E-state index in [9.17, 15) is 13.2 Å². The van der Waals surface area contributed by atoms with Gasteiger partial charge < -0.3 is 20.1 Å². The molecule has 0 aliphatic rings. The molecule has 0 rings (SSSR count). The first kappa shape index (κ1) is 17.5. The SMILES string of the molecule is CC(O)[N+](C)(C)C(C)O.O=C([O-])C(F)(F)F. The molecule has 16 heavy (non-hydrogen) atoms. The predicted molar refractivity (Wildman–Crippen MR) is 46.5 cm³/mol. The maximum absolute atomic E-state index is 10.5. The van der Waals surface area contributed by atoms with Gasteiger partial charge in [-0.15, -0.1) is 0 Å². The topological polar surface area (TPSA) is 80.6 Å². The normalized spacial score (nSPS) is 15.8. The Kier molecular flexibility index (Phi) is 6.60. The lowest BCUT2D eigenvalue weighted by Crippen LogP contribution is -2.53. The second-order valence-corrected chi connectivity index (χ2v) is 3.68. The molecule has 0 bridgehead atoms. The first-order valence-corrected chi connectivity index (χ1v) is 4.31. The number of nitrogens with zero attached hydrogens (tertiary/aromatic N) is 1. The van der Waals surface area contributed by atoms with Gasteiger partial charge >= 0.3 is 6.18 Å². The summed E-state index contributed by atoms with van der Waals surface area (Å²) in [4.78, 5) is 8.78. The Bertz CT molecular complexity index is 216. The number of carbonyl (C=O) groups is 1. The Hall–Kier alpha value is -0.860. The van der Waals surface area contributed by atoms with E-state index in [1.807, 2.05) is 0 Å². The zero-order valence-corrected chi connectivity index (χ0v) is 9.45. The van der Waals surface area contributed by atoms with Crippen molar-refractivity contribution in [2.45, 2.75) is 32.5 Å². The average molecular weight is 247 g/mol. The highest BCUT2D eigenvalue weighted by Gasteiger charge is 2.28. The molecule has 0 spiro atoms. The van der Waals surface area contributed by atoms with Crippen LogP contribution in [0.2, 0.25) is 0 Å². The van der Waals surface area contributed by atoms with E-state index in [-0.39, 0.29) is 4.48 Å². The number of carboxylic acid groups (broad SMARTS) is 1. The van der Waals surface area contributed by atoms with Gasteiger partial charge in [0.05, 0.1) is 14.1 Å². The molecule has 0 radical (unpaired) electrons. The lowest BCUT2D eigenvalue weighted by Gasteiger charge is -2.35. The minimum atomic E-state index is -5.19. The summed E-state index contributed by atoms with van der Waals surface area (Å²) in [5, 5.41) is 26.9. The third-order valence-electron chi connectivity index (χ3n) is 2.16. The highest BCUT2D eigenvalue weighted by atomic mass is 19.4. The number of halogens is 3. The number of carboxylic acids is 1. The zero-order chi connectivity index (χ0) is 13.7. The number of carbonyl (C=O) groups excluding carboxylic acids is 1. The van der Waals surface area contributed by atoms with Crippen LogP contribution in [-0.2, 0) is 4.79 Å². The molecule has 0 saturated carbocycles. The van der Waals surface area contributed by atoms with Gasteiger partial charge in [-0.1, -0.05) is 0 Å². The van der Waals surface area contributed by atoms with Crippen molar-refractivity contribution in [2.75, 3.05) is 14.1 Å². The molecule has 0 aliphatic heterocycles. The summed E-state index contributed by atoms with van der Waals surface area (Å²) in [5.41, 5.74) is 0. The van der Waals surface area contributed by atoms with Crippen molar-refractivity contribution in [1.29, 1.82) is 0 Å². The van der Waals surface area contributed by atoms with Crippen LogP contribution >= 0.6 is 0 Å². The van der Waals surface area contributed by atoms with Gasteiger partial charge in [0.15, 0.2) is 12.5 Å². The van der Waals surface area contributed by atoms with Gasteiger partial charge in [0.25, 0.3) is 0 Å². The Morgan fingerprint density at radius 3 is 1.38 bits per heavy atom. The molecule has 0 aromatic heterocycles. The molecular weight excluding hydrogens is 231 g/mol. The quantitative estimate of drug-likeness (QED) is 0.486. The van der Waals surface area contributed by atoms with Crippen molar-refractivity contribution >= 4 is 5.97 Å². The lowest BCUT2D eigenvalue weighted by atomic mass is 10.4. The molecule has 0 aromatic carbocycles. The number of hydrogen-bond donors (Lipinski definition) is 2. The zero-order valence-electron chi connectivity index (χ0n) is 9.45. The van der Waals surface area contributed by atoms with Crippen molar-refractivity contribution in [1.82, 2.24) is 0 Å². The maximum atomic E-state index is 10.5. The third kappa shape index (κ3) is 6.59. The minimum Gasteiger partial charge on any atom is -0.542 e. The fourth-order valence-electron chi connectivity index (χ4n) is 0.312. The van der Waals surface area contributed by atoms with Gasteiger partial charge in [0.1, 0.15) is 5.97 Å². The molecule has 0 aliphatic carbocycles. The molecule has 0 fully saturated rings. The molecule has 0 saturated heterocycles. The van der Waals surface area contributed by atoms with E-state index in [0.717, 1.165) is 0 Å². The summed E-state index contributed by atoms with van der Waals surface area (Å²) >= 11 is 0. The monoisotopic (exact) mass is 247 g/mol. The summed E-state index contributed by atoms with van der Waals surface area (Å²) in [6, 6.07) is 0. The second-order valence-electron chi connectivity index (χ2n) is 3.68. The summed E-state index contributed by atoms with van der Waals surface area (Å²) in [6.07, 6.45) is -6.24. The van der Waals surface area contributed by atoms with Gasteiger partial charge in [0.2, 0.25) is 0 Å². The van der Waals surface area contributed by atoms with Crippen LogP contribution in [0.1, 0.15) is 13.8 Å². The fraction of sp³-hybridized carbons (Fsp3) is 0.875. The second kappa shape index (κ2) is 6.02. The van der Waals surface area contributed by atoms with Crippen LogP contribution in [-0.4, -0.2) is 53.4 Å². The van der Waals surface area contributed by atoms with Crippen molar-refractivity contribution < 1.29 is 37.8 Å². The van der Waals surface area contributed by atoms with Crippen LogP contribution in [0.15, 0.2) is 0 Å². The Balaban J connectivity index is 0. The number of aliphatic carboxylic acids is 1. The van der Waals surface area contributed by atoms with E-state index in [2.05, 4.69) is 0 Å². The number of aliphatic hydroxyl groups excluding tert-OH is 2.